The zero-order chi connectivity index (χ0) is 13.3. The molecular weight excluding hydrogens is 257 g/mol. The van der Waals surface area contributed by atoms with Crippen LogP contribution in [-0.4, -0.2) is 10.9 Å². The first-order chi connectivity index (χ1) is 8.52. The molecule has 0 atom stereocenters. The Labute approximate surface area is 107 Å². The average Bonchev–Trinajstić information content (AvgIpc) is 2.33. The Morgan fingerprint density at radius 2 is 2.06 bits per heavy atom. The molecular formula is C13H9ClFNO2. The summed E-state index contributed by atoms with van der Waals surface area (Å²) in [5, 5.41) is -0.0155. The second-order valence-corrected chi connectivity index (χ2v) is 4.23. The highest BCUT2D eigenvalue weighted by molar-refractivity contribution is 6.30. The summed E-state index contributed by atoms with van der Waals surface area (Å²) >= 11 is 5.70. The number of benzene rings is 1. The standard InChI is InChI=1S/C13H9ClFNO2/c1-8-4-13(18)9(7-17)6-16(8)10-2-3-12(15)11(14)5-10/h2-7H,1H3. The van der Waals surface area contributed by atoms with Crippen molar-refractivity contribution in [3.05, 3.63) is 62.8 Å². The zero-order valence-corrected chi connectivity index (χ0v) is 10.2. The number of rotatable bonds is 2. The van der Waals surface area contributed by atoms with Crippen LogP contribution in [0.4, 0.5) is 4.39 Å². The van der Waals surface area contributed by atoms with Gasteiger partial charge in [0.2, 0.25) is 0 Å². The van der Waals surface area contributed by atoms with Gasteiger partial charge in [-0.3, -0.25) is 9.59 Å². The fraction of sp³-hybridized carbons (Fsp3) is 0.0769. The highest BCUT2D eigenvalue weighted by Gasteiger charge is 2.07. The third-order valence-corrected chi connectivity index (χ3v) is 2.87. The van der Waals surface area contributed by atoms with Gasteiger partial charge in [-0.2, -0.15) is 0 Å². The molecule has 2 aromatic rings. The molecule has 92 valence electrons. The van der Waals surface area contributed by atoms with Gasteiger partial charge in [0.1, 0.15) is 5.82 Å². The normalized spacial score (nSPS) is 10.4. The van der Waals surface area contributed by atoms with Gasteiger partial charge in [-0.05, 0) is 25.1 Å². The molecule has 1 aromatic heterocycles. The fourth-order valence-electron chi connectivity index (χ4n) is 1.65. The van der Waals surface area contributed by atoms with Crippen molar-refractivity contribution in [1.82, 2.24) is 4.57 Å². The van der Waals surface area contributed by atoms with Gasteiger partial charge in [0.05, 0.1) is 10.6 Å². The summed E-state index contributed by atoms with van der Waals surface area (Å²) in [7, 11) is 0. The van der Waals surface area contributed by atoms with E-state index in [0.29, 0.717) is 17.7 Å². The molecule has 0 spiro atoms. The molecule has 0 unspecified atom stereocenters. The summed E-state index contributed by atoms with van der Waals surface area (Å²) < 4.78 is 14.7. The highest BCUT2D eigenvalue weighted by atomic mass is 35.5. The Balaban J connectivity index is 2.66. The maximum Gasteiger partial charge on any atom is 0.192 e. The molecule has 0 saturated heterocycles. The number of halogens is 2. The number of aryl methyl sites for hydroxylation is 1. The number of aldehydes is 1. The van der Waals surface area contributed by atoms with Gasteiger partial charge in [0.15, 0.2) is 11.7 Å². The number of carbonyl (C=O) groups is 1. The average molecular weight is 266 g/mol. The van der Waals surface area contributed by atoms with E-state index in [9.17, 15) is 14.0 Å². The number of nitrogens with zero attached hydrogens (tertiary/aromatic N) is 1. The van der Waals surface area contributed by atoms with Crippen LogP contribution in [0.3, 0.4) is 0 Å². The summed E-state index contributed by atoms with van der Waals surface area (Å²) in [6.07, 6.45) is 1.90. The number of aromatic nitrogens is 1. The van der Waals surface area contributed by atoms with Crippen LogP contribution in [0, 0.1) is 12.7 Å². The van der Waals surface area contributed by atoms with Crippen LogP contribution in [0.25, 0.3) is 5.69 Å². The molecule has 0 radical (unpaired) electrons. The molecule has 0 aliphatic heterocycles. The summed E-state index contributed by atoms with van der Waals surface area (Å²) in [5.41, 5.74) is 0.920. The molecule has 0 amide bonds. The molecule has 0 N–H and O–H groups in total. The predicted octanol–water partition coefficient (Wildman–Crippen LogP) is 2.75. The van der Waals surface area contributed by atoms with Gasteiger partial charge >= 0.3 is 0 Å². The third kappa shape index (κ3) is 2.19. The Bertz CT molecular complexity index is 679. The lowest BCUT2D eigenvalue weighted by Crippen LogP contribution is -2.13. The molecule has 0 aliphatic carbocycles. The predicted molar refractivity (Wildman–Crippen MR) is 67.1 cm³/mol. The van der Waals surface area contributed by atoms with Gasteiger partial charge in [-0.25, -0.2) is 4.39 Å². The van der Waals surface area contributed by atoms with Crippen molar-refractivity contribution in [2.75, 3.05) is 0 Å². The largest absolute Gasteiger partial charge is 0.320 e. The number of pyridine rings is 1. The molecule has 3 nitrogen and oxygen atoms in total. The summed E-state index contributed by atoms with van der Waals surface area (Å²) in [6, 6.07) is 5.53. The van der Waals surface area contributed by atoms with Crippen molar-refractivity contribution in [2.45, 2.75) is 6.92 Å². The van der Waals surface area contributed by atoms with Crippen molar-refractivity contribution >= 4 is 17.9 Å². The van der Waals surface area contributed by atoms with E-state index in [1.165, 1.54) is 30.5 Å². The first-order valence-electron chi connectivity index (χ1n) is 5.17. The van der Waals surface area contributed by atoms with Crippen LogP contribution >= 0.6 is 11.6 Å². The van der Waals surface area contributed by atoms with Crippen LogP contribution in [0.2, 0.25) is 5.02 Å². The summed E-state index contributed by atoms with van der Waals surface area (Å²) in [6.45, 7) is 1.72. The molecule has 0 saturated carbocycles. The summed E-state index contributed by atoms with van der Waals surface area (Å²) in [4.78, 5) is 22.2. The van der Waals surface area contributed by atoms with E-state index in [1.807, 2.05) is 0 Å². The Kier molecular flexibility index (Phi) is 3.30. The highest BCUT2D eigenvalue weighted by Crippen LogP contribution is 2.19. The van der Waals surface area contributed by atoms with Gasteiger partial charge in [0.25, 0.3) is 0 Å². The van der Waals surface area contributed by atoms with Gasteiger partial charge in [0, 0.05) is 23.6 Å². The molecule has 1 aromatic carbocycles. The number of carbonyl (C=O) groups excluding carboxylic acids is 1. The van der Waals surface area contributed by atoms with E-state index in [1.54, 1.807) is 11.5 Å². The van der Waals surface area contributed by atoms with Crippen molar-refractivity contribution in [3.63, 3.8) is 0 Å². The third-order valence-electron chi connectivity index (χ3n) is 2.58. The second-order valence-electron chi connectivity index (χ2n) is 3.82. The minimum Gasteiger partial charge on any atom is -0.320 e. The fourth-order valence-corrected chi connectivity index (χ4v) is 1.82. The molecule has 18 heavy (non-hydrogen) atoms. The van der Waals surface area contributed by atoms with Crippen molar-refractivity contribution in [1.29, 1.82) is 0 Å². The Morgan fingerprint density at radius 1 is 1.33 bits per heavy atom. The van der Waals surface area contributed by atoms with Gasteiger partial charge in [-0.1, -0.05) is 11.6 Å². The molecule has 2 rings (SSSR count). The number of hydrogen-bond acceptors (Lipinski definition) is 2. The van der Waals surface area contributed by atoms with Crippen molar-refractivity contribution in [2.24, 2.45) is 0 Å². The van der Waals surface area contributed by atoms with E-state index in [4.69, 9.17) is 11.6 Å². The summed E-state index contributed by atoms with van der Waals surface area (Å²) in [5.74, 6) is -0.519. The first kappa shape index (κ1) is 12.5. The molecule has 5 heteroatoms. The monoisotopic (exact) mass is 265 g/mol. The lowest BCUT2D eigenvalue weighted by atomic mass is 10.2. The van der Waals surface area contributed by atoms with E-state index in [-0.39, 0.29) is 16.0 Å². The first-order valence-corrected chi connectivity index (χ1v) is 5.54. The van der Waals surface area contributed by atoms with Crippen LogP contribution < -0.4 is 5.43 Å². The van der Waals surface area contributed by atoms with E-state index in [0.717, 1.165) is 0 Å². The lowest BCUT2D eigenvalue weighted by molar-refractivity contribution is 0.112. The minimum absolute atomic E-state index is 0.0155. The number of hydrogen-bond donors (Lipinski definition) is 0. The zero-order valence-electron chi connectivity index (χ0n) is 9.48. The lowest BCUT2D eigenvalue weighted by Gasteiger charge is -2.11. The molecule has 1 heterocycles. The van der Waals surface area contributed by atoms with E-state index in [2.05, 4.69) is 0 Å². The van der Waals surface area contributed by atoms with Crippen LogP contribution in [-0.2, 0) is 0 Å². The van der Waals surface area contributed by atoms with Crippen molar-refractivity contribution < 1.29 is 9.18 Å². The van der Waals surface area contributed by atoms with Gasteiger partial charge in [-0.15, -0.1) is 0 Å². The quantitative estimate of drug-likeness (QED) is 0.783. The SMILES string of the molecule is Cc1cc(=O)c(C=O)cn1-c1ccc(F)c(Cl)c1. The van der Waals surface area contributed by atoms with E-state index >= 15 is 0 Å². The topological polar surface area (TPSA) is 39.1 Å². The van der Waals surface area contributed by atoms with E-state index < -0.39 is 5.82 Å². The minimum atomic E-state index is -0.519. The van der Waals surface area contributed by atoms with Crippen LogP contribution in [0.15, 0.2) is 35.3 Å². The van der Waals surface area contributed by atoms with Gasteiger partial charge < -0.3 is 4.57 Å². The Morgan fingerprint density at radius 3 is 2.67 bits per heavy atom. The molecule has 0 aliphatic rings. The maximum absolute atomic E-state index is 13.1. The van der Waals surface area contributed by atoms with Crippen LogP contribution in [0.1, 0.15) is 16.1 Å². The van der Waals surface area contributed by atoms with Crippen LogP contribution in [0.5, 0.6) is 0 Å². The molecule has 0 fully saturated rings. The molecule has 0 bridgehead atoms. The maximum atomic E-state index is 13.1. The Hall–Kier alpha value is -1.94. The second kappa shape index (κ2) is 4.74. The smallest absolute Gasteiger partial charge is 0.192 e. The van der Waals surface area contributed by atoms with Crippen molar-refractivity contribution in [3.8, 4) is 5.69 Å².